The number of rotatable bonds is 3. The maximum atomic E-state index is 12.7. The number of amides is 1. The molecule has 24 heavy (non-hydrogen) atoms. The van der Waals surface area contributed by atoms with Gasteiger partial charge in [-0.3, -0.25) is 9.48 Å². The molecule has 4 rings (SSSR count). The molecule has 2 aromatic heterocycles. The minimum atomic E-state index is 0.0447. The van der Waals surface area contributed by atoms with Gasteiger partial charge in [0.1, 0.15) is 11.5 Å². The largest absolute Gasteiger partial charge is 0.335 e. The predicted molar refractivity (Wildman–Crippen MR) is 90.9 cm³/mol. The molecule has 1 atom stereocenters. The van der Waals surface area contributed by atoms with Crippen LogP contribution in [-0.4, -0.2) is 43.2 Å². The van der Waals surface area contributed by atoms with E-state index in [1.165, 1.54) is 30.8 Å². The summed E-state index contributed by atoms with van der Waals surface area (Å²) in [6.07, 6.45) is 9.77. The van der Waals surface area contributed by atoms with Gasteiger partial charge in [-0.05, 0) is 38.7 Å². The van der Waals surface area contributed by atoms with Gasteiger partial charge in [0.05, 0.1) is 6.04 Å². The lowest BCUT2D eigenvalue weighted by Crippen LogP contribution is -2.41. The van der Waals surface area contributed by atoms with Crippen LogP contribution >= 0.6 is 0 Å². The van der Waals surface area contributed by atoms with E-state index in [1.807, 2.05) is 24.3 Å². The molecule has 1 saturated carbocycles. The van der Waals surface area contributed by atoms with Crippen LogP contribution in [0.3, 0.4) is 0 Å². The van der Waals surface area contributed by atoms with Crippen LogP contribution < -0.4 is 0 Å². The molecule has 1 amide bonds. The number of nitrogens with zero attached hydrogens (tertiary/aromatic N) is 5. The van der Waals surface area contributed by atoms with E-state index in [0.29, 0.717) is 17.7 Å². The minimum Gasteiger partial charge on any atom is -0.335 e. The van der Waals surface area contributed by atoms with Crippen molar-refractivity contribution in [3.63, 3.8) is 0 Å². The monoisotopic (exact) mass is 327 g/mol. The zero-order valence-corrected chi connectivity index (χ0v) is 14.5. The SMILES string of the molecule is Cc1cnc(C2CCC2)n1C1CCCN(C(=O)c2ccn(C)n2)C1. The highest BCUT2D eigenvalue weighted by molar-refractivity contribution is 5.92. The Bertz CT molecular complexity index is 742. The van der Waals surface area contributed by atoms with Crippen LogP contribution in [0.1, 0.15) is 66.1 Å². The summed E-state index contributed by atoms with van der Waals surface area (Å²) in [5, 5.41) is 4.27. The molecule has 1 unspecified atom stereocenters. The van der Waals surface area contributed by atoms with Crippen LogP contribution in [0, 0.1) is 6.92 Å². The molecule has 1 aliphatic carbocycles. The molecular formula is C18H25N5O. The standard InChI is InChI=1S/C18H25N5O/c1-13-11-19-17(14-5-3-6-14)23(13)15-7-4-9-22(12-15)18(24)16-8-10-21(2)20-16/h8,10-11,14-15H,3-7,9,12H2,1-2H3. The summed E-state index contributed by atoms with van der Waals surface area (Å²) in [6, 6.07) is 2.14. The van der Waals surface area contributed by atoms with E-state index in [2.05, 4.69) is 21.6 Å². The maximum Gasteiger partial charge on any atom is 0.274 e. The number of aryl methyl sites for hydroxylation is 2. The molecule has 0 radical (unpaired) electrons. The topological polar surface area (TPSA) is 56.0 Å². The number of carbonyl (C=O) groups excluding carboxylic acids is 1. The molecule has 2 fully saturated rings. The predicted octanol–water partition coefficient (Wildman–Crippen LogP) is 2.67. The van der Waals surface area contributed by atoms with Gasteiger partial charge in [-0.2, -0.15) is 5.10 Å². The zero-order valence-electron chi connectivity index (χ0n) is 14.5. The third-order valence-electron chi connectivity index (χ3n) is 5.46. The van der Waals surface area contributed by atoms with Gasteiger partial charge in [-0.25, -0.2) is 4.98 Å². The Morgan fingerprint density at radius 3 is 2.75 bits per heavy atom. The first kappa shape index (κ1) is 15.4. The van der Waals surface area contributed by atoms with Crippen LogP contribution in [0.15, 0.2) is 18.5 Å². The Kier molecular flexibility index (Phi) is 3.90. The summed E-state index contributed by atoms with van der Waals surface area (Å²) in [4.78, 5) is 19.4. The first-order valence-electron chi connectivity index (χ1n) is 8.96. The molecule has 128 valence electrons. The van der Waals surface area contributed by atoms with E-state index in [0.717, 1.165) is 25.9 Å². The number of carbonyl (C=O) groups is 1. The van der Waals surface area contributed by atoms with Crippen molar-refractivity contribution in [1.29, 1.82) is 0 Å². The van der Waals surface area contributed by atoms with E-state index < -0.39 is 0 Å². The summed E-state index contributed by atoms with van der Waals surface area (Å²) in [6.45, 7) is 3.71. The molecule has 1 saturated heterocycles. The van der Waals surface area contributed by atoms with Crippen molar-refractivity contribution in [3.8, 4) is 0 Å². The Labute approximate surface area is 142 Å². The van der Waals surface area contributed by atoms with E-state index in [-0.39, 0.29) is 5.91 Å². The number of aromatic nitrogens is 4. The molecule has 0 spiro atoms. The van der Waals surface area contributed by atoms with Gasteiger partial charge >= 0.3 is 0 Å². The molecule has 0 N–H and O–H groups in total. The molecule has 0 bridgehead atoms. The van der Waals surface area contributed by atoms with E-state index in [4.69, 9.17) is 0 Å². The number of hydrogen-bond donors (Lipinski definition) is 0. The van der Waals surface area contributed by atoms with Gasteiger partial charge in [0.25, 0.3) is 5.91 Å². The van der Waals surface area contributed by atoms with Gasteiger partial charge in [-0.15, -0.1) is 0 Å². The molecule has 3 heterocycles. The quantitative estimate of drug-likeness (QED) is 0.871. The van der Waals surface area contributed by atoms with Crippen LogP contribution in [0.4, 0.5) is 0 Å². The second-order valence-corrected chi connectivity index (χ2v) is 7.18. The Morgan fingerprint density at radius 2 is 2.08 bits per heavy atom. The fourth-order valence-corrected chi connectivity index (χ4v) is 3.95. The average Bonchev–Trinajstić information content (AvgIpc) is 3.12. The van der Waals surface area contributed by atoms with Crippen molar-refractivity contribution in [1.82, 2.24) is 24.2 Å². The summed E-state index contributed by atoms with van der Waals surface area (Å²) in [7, 11) is 1.84. The second-order valence-electron chi connectivity index (χ2n) is 7.18. The fraction of sp³-hybridized carbons (Fsp3) is 0.611. The van der Waals surface area contributed by atoms with Crippen LogP contribution in [0.2, 0.25) is 0 Å². The average molecular weight is 327 g/mol. The van der Waals surface area contributed by atoms with E-state index >= 15 is 0 Å². The van der Waals surface area contributed by atoms with E-state index in [9.17, 15) is 4.79 Å². The summed E-state index contributed by atoms with van der Waals surface area (Å²) >= 11 is 0. The smallest absolute Gasteiger partial charge is 0.274 e. The third kappa shape index (κ3) is 2.64. The lowest BCUT2D eigenvalue weighted by Gasteiger charge is -2.36. The number of likely N-dealkylation sites (tertiary alicyclic amines) is 1. The van der Waals surface area contributed by atoms with Crippen molar-refractivity contribution in [3.05, 3.63) is 35.7 Å². The first-order chi connectivity index (χ1) is 11.6. The summed E-state index contributed by atoms with van der Waals surface area (Å²) < 4.78 is 4.09. The lowest BCUT2D eigenvalue weighted by molar-refractivity contribution is 0.0668. The third-order valence-corrected chi connectivity index (χ3v) is 5.46. The van der Waals surface area contributed by atoms with E-state index in [1.54, 1.807) is 10.7 Å². The highest BCUT2D eigenvalue weighted by Gasteiger charge is 2.31. The van der Waals surface area contributed by atoms with Crippen LogP contribution in [-0.2, 0) is 7.05 Å². The number of imidazole rings is 1. The van der Waals surface area contributed by atoms with Crippen molar-refractivity contribution >= 4 is 5.91 Å². The Hall–Kier alpha value is -2.11. The molecule has 6 heteroatoms. The second kappa shape index (κ2) is 6.07. The Morgan fingerprint density at radius 1 is 1.25 bits per heavy atom. The van der Waals surface area contributed by atoms with Crippen molar-refractivity contribution in [2.75, 3.05) is 13.1 Å². The van der Waals surface area contributed by atoms with Gasteiger partial charge in [0.15, 0.2) is 0 Å². The molecule has 1 aliphatic heterocycles. The van der Waals surface area contributed by atoms with Gasteiger partial charge in [0, 0.05) is 44.1 Å². The van der Waals surface area contributed by atoms with Crippen molar-refractivity contribution < 1.29 is 4.79 Å². The molecule has 0 aromatic carbocycles. The Balaban J connectivity index is 1.55. The zero-order chi connectivity index (χ0) is 16.7. The van der Waals surface area contributed by atoms with Crippen LogP contribution in [0.25, 0.3) is 0 Å². The van der Waals surface area contributed by atoms with Gasteiger partial charge in [-0.1, -0.05) is 6.42 Å². The van der Waals surface area contributed by atoms with Gasteiger partial charge in [0.2, 0.25) is 0 Å². The molecule has 6 nitrogen and oxygen atoms in total. The molecular weight excluding hydrogens is 302 g/mol. The normalized spacial score (nSPS) is 21.8. The number of hydrogen-bond acceptors (Lipinski definition) is 3. The van der Waals surface area contributed by atoms with Gasteiger partial charge < -0.3 is 9.47 Å². The van der Waals surface area contributed by atoms with Crippen molar-refractivity contribution in [2.24, 2.45) is 7.05 Å². The lowest BCUT2D eigenvalue weighted by atomic mass is 9.84. The highest BCUT2D eigenvalue weighted by Crippen LogP contribution is 2.38. The molecule has 2 aromatic rings. The minimum absolute atomic E-state index is 0.0447. The maximum absolute atomic E-state index is 12.7. The summed E-state index contributed by atoms with van der Waals surface area (Å²) in [5.41, 5.74) is 1.76. The fourth-order valence-electron chi connectivity index (χ4n) is 3.95. The van der Waals surface area contributed by atoms with Crippen LogP contribution in [0.5, 0.6) is 0 Å². The number of piperidine rings is 1. The summed E-state index contributed by atoms with van der Waals surface area (Å²) in [5.74, 6) is 1.89. The van der Waals surface area contributed by atoms with Crippen molar-refractivity contribution in [2.45, 2.75) is 51.0 Å². The highest BCUT2D eigenvalue weighted by atomic mass is 16.2. The first-order valence-corrected chi connectivity index (χ1v) is 8.96. The molecule has 2 aliphatic rings.